The largest absolute Gasteiger partial charge is 0.471 e. The summed E-state index contributed by atoms with van der Waals surface area (Å²) in [5, 5.41) is 8.68. The van der Waals surface area contributed by atoms with Gasteiger partial charge in [-0.05, 0) is 71.4 Å². The first-order valence-corrected chi connectivity index (χ1v) is 19.3. The molecule has 4 heterocycles. The van der Waals surface area contributed by atoms with E-state index in [1.54, 1.807) is 26.8 Å². The van der Waals surface area contributed by atoms with Crippen molar-refractivity contribution in [3.05, 3.63) is 58.9 Å². The molecule has 0 unspecified atom stereocenters. The molecule has 0 spiro atoms. The van der Waals surface area contributed by atoms with Crippen LogP contribution in [0, 0.1) is 32.5 Å². The van der Waals surface area contributed by atoms with Crippen LogP contribution in [0.5, 0.6) is 5.88 Å². The fourth-order valence-corrected chi connectivity index (χ4v) is 8.17. The molecule has 2 aromatic heterocycles. The lowest BCUT2D eigenvalue weighted by Gasteiger charge is -2.29. The molecule has 5 atom stereocenters. The summed E-state index contributed by atoms with van der Waals surface area (Å²) in [5.41, 5.74) is 0.0228. The third-order valence-electron chi connectivity index (χ3n) is 10.4. The molecule has 53 heavy (non-hydrogen) atoms. The van der Waals surface area contributed by atoms with Crippen LogP contribution < -0.4 is 15.4 Å². The van der Waals surface area contributed by atoms with E-state index in [1.165, 1.54) is 23.1 Å². The van der Waals surface area contributed by atoms with E-state index in [-0.39, 0.29) is 42.9 Å². The number of rotatable bonds is 7. The molecule has 2 aliphatic carbocycles. The molecule has 3 aromatic rings. The molecule has 0 radical (unpaired) electrons. The second kappa shape index (κ2) is 14.1. The van der Waals surface area contributed by atoms with E-state index in [4.69, 9.17) is 13.4 Å². The number of allylic oxidation sites excluding steroid dienone is 1. The van der Waals surface area contributed by atoms with E-state index in [2.05, 4.69) is 25.8 Å². The van der Waals surface area contributed by atoms with Gasteiger partial charge in [-0.1, -0.05) is 30.2 Å². The van der Waals surface area contributed by atoms with Crippen LogP contribution in [0.15, 0.2) is 34.9 Å². The second-order valence-corrected chi connectivity index (χ2v) is 16.2. The van der Waals surface area contributed by atoms with Crippen LogP contribution >= 0.6 is 0 Å². The Labute approximate surface area is 305 Å². The Balaban J connectivity index is 1.20. The lowest BCUT2D eigenvalue weighted by Crippen LogP contribution is -2.56. The Kier molecular flexibility index (Phi) is 9.72. The smallest absolute Gasteiger partial charge is 0.348 e. The fraction of sp³-hybridized carbons (Fsp3) is 0.528. The Morgan fingerprint density at radius 3 is 2.60 bits per heavy atom. The third-order valence-corrected chi connectivity index (χ3v) is 12.1. The van der Waals surface area contributed by atoms with Crippen LogP contribution in [0.2, 0.25) is 0 Å². The molecule has 17 heteroatoms. The Bertz CT molecular complexity index is 2120. The highest BCUT2D eigenvalue weighted by molar-refractivity contribution is 7.88. The summed E-state index contributed by atoms with van der Waals surface area (Å²) in [6.07, 6.45) is 6.69. The molecule has 0 bridgehead atoms. The number of hydrogen-bond donors (Lipinski definition) is 2. The van der Waals surface area contributed by atoms with Crippen molar-refractivity contribution in [1.29, 1.82) is 0 Å². The molecule has 1 aromatic carbocycles. The first-order valence-electron chi connectivity index (χ1n) is 17.9. The standard InChI is InChI=1S/C36H41FN6O9S/c1-19-21(3)51-42-30(19)32(45)39-27-10-8-6-4-5-7-9-22-17-36(22,35(47)52-53(48,49)25-12-13-25)41-31(44)29-16-24(18-43(29)34(27)46)50-33-20(2)38-26-14-11-23(37)15-28(26)40-33/h7,9,11,14-15,22,24-25,27,29H,4-6,8,10,12-13,16-18H2,1-3H3,(H,39,45)(H,41,44)/t22-,24-,27+,29+,36-/m1/s1. The number of amides is 3. The molecule has 7 rings (SSSR count). The molecular weight excluding hydrogens is 711 g/mol. The van der Waals surface area contributed by atoms with Crippen molar-refractivity contribution < 1.29 is 45.4 Å². The average molecular weight is 753 g/mol. The van der Waals surface area contributed by atoms with Crippen molar-refractivity contribution in [2.75, 3.05) is 6.54 Å². The van der Waals surface area contributed by atoms with Gasteiger partial charge in [0.1, 0.15) is 41.0 Å². The predicted molar refractivity (Wildman–Crippen MR) is 185 cm³/mol. The normalized spacial score (nSPS) is 26.5. The number of aromatic nitrogens is 3. The number of nitrogens with one attached hydrogen (secondary N) is 2. The number of benzene rings is 1. The van der Waals surface area contributed by atoms with Gasteiger partial charge in [0.05, 0.1) is 22.8 Å². The minimum Gasteiger partial charge on any atom is -0.471 e. The van der Waals surface area contributed by atoms with Gasteiger partial charge in [0.25, 0.3) is 5.91 Å². The van der Waals surface area contributed by atoms with E-state index < -0.39 is 74.5 Å². The topological polar surface area (TPSA) is 200 Å². The lowest BCUT2D eigenvalue weighted by atomic mass is 10.0. The number of fused-ring (bicyclic) bond motifs is 3. The van der Waals surface area contributed by atoms with Crippen LogP contribution in [-0.2, 0) is 28.7 Å². The monoisotopic (exact) mass is 752 g/mol. The summed E-state index contributed by atoms with van der Waals surface area (Å²) < 4.78 is 55.9. The third kappa shape index (κ3) is 7.48. The summed E-state index contributed by atoms with van der Waals surface area (Å²) in [6.45, 7) is 4.92. The zero-order valence-electron chi connectivity index (χ0n) is 29.6. The summed E-state index contributed by atoms with van der Waals surface area (Å²) >= 11 is 0. The zero-order chi connectivity index (χ0) is 37.7. The Morgan fingerprint density at radius 2 is 1.87 bits per heavy atom. The summed E-state index contributed by atoms with van der Waals surface area (Å²) in [6, 6.07) is 1.73. The van der Waals surface area contributed by atoms with Crippen molar-refractivity contribution in [2.24, 2.45) is 5.92 Å². The first-order chi connectivity index (χ1) is 25.3. The van der Waals surface area contributed by atoms with Gasteiger partial charge in [-0.2, -0.15) is 8.42 Å². The molecule has 4 aliphatic rings. The minimum absolute atomic E-state index is 0.0384. The molecule has 2 aliphatic heterocycles. The van der Waals surface area contributed by atoms with Crippen LogP contribution in [0.4, 0.5) is 4.39 Å². The van der Waals surface area contributed by atoms with Gasteiger partial charge in [-0.15, -0.1) is 0 Å². The molecule has 2 saturated carbocycles. The van der Waals surface area contributed by atoms with Gasteiger partial charge in [0.2, 0.25) is 17.7 Å². The van der Waals surface area contributed by atoms with Crippen LogP contribution in [0.1, 0.15) is 85.3 Å². The maximum Gasteiger partial charge on any atom is 0.348 e. The fourth-order valence-electron chi connectivity index (χ4n) is 6.96. The number of carbonyl (C=O) groups is 4. The SMILES string of the molecule is Cc1nc2ccc(F)cc2nc1O[C@@H]1C[C@H]2C(=O)N[C@]3(C(=O)OS(=O)(=O)C4CC4)C[C@H]3C=CCCCCC[C@H](NC(=O)c3noc(C)c3C)C(=O)N2C1. The van der Waals surface area contributed by atoms with Crippen LogP contribution in [-0.4, -0.2) is 87.7 Å². The van der Waals surface area contributed by atoms with Crippen molar-refractivity contribution in [3.63, 3.8) is 0 Å². The number of ether oxygens (including phenoxy) is 1. The molecule has 3 fully saturated rings. The lowest BCUT2D eigenvalue weighted by molar-refractivity contribution is -0.144. The predicted octanol–water partition coefficient (Wildman–Crippen LogP) is 3.26. The van der Waals surface area contributed by atoms with Gasteiger partial charge < -0.3 is 29.0 Å². The highest BCUT2D eigenvalue weighted by atomic mass is 32.2. The van der Waals surface area contributed by atoms with E-state index >= 15 is 0 Å². The van der Waals surface area contributed by atoms with Gasteiger partial charge in [-0.25, -0.2) is 19.2 Å². The van der Waals surface area contributed by atoms with Gasteiger partial charge in [0, 0.05) is 24.0 Å². The number of halogens is 1. The number of nitrogens with zero attached hydrogens (tertiary/aromatic N) is 4. The first kappa shape index (κ1) is 36.4. The van der Waals surface area contributed by atoms with Gasteiger partial charge in [-0.3, -0.25) is 14.4 Å². The molecule has 2 N–H and O–H groups in total. The van der Waals surface area contributed by atoms with Gasteiger partial charge >= 0.3 is 16.1 Å². The van der Waals surface area contributed by atoms with Crippen molar-refractivity contribution in [2.45, 2.75) is 108 Å². The summed E-state index contributed by atoms with van der Waals surface area (Å²) in [7, 11) is -4.16. The average Bonchev–Trinajstić information content (AvgIpc) is 4.01. The highest BCUT2D eigenvalue weighted by Crippen LogP contribution is 2.47. The number of hydrogen-bond acceptors (Lipinski definition) is 12. The van der Waals surface area contributed by atoms with Crippen LogP contribution in [0.25, 0.3) is 11.0 Å². The molecule has 1 saturated heterocycles. The molecule has 282 valence electrons. The van der Waals surface area contributed by atoms with Crippen molar-refractivity contribution in [1.82, 2.24) is 30.7 Å². The van der Waals surface area contributed by atoms with Gasteiger partial charge in [0.15, 0.2) is 5.69 Å². The number of aryl methyl sites for hydroxylation is 2. The Morgan fingerprint density at radius 1 is 1.08 bits per heavy atom. The maximum atomic E-state index is 14.5. The van der Waals surface area contributed by atoms with Crippen molar-refractivity contribution in [3.8, 4) is 5.88 Å². The number of carbonyl (C=O) groups excluding carboxylic acids is 4. The maximum absolute atomic E-state index is 14.5. The Hall–Kier alpha value is -4.93. The van der Waals surface area contributed by atoms with E-state index in [0.717, 1.165) is 12.8 Å². The molecule has 15 nitrogen and oxygen atoms in total. The highest BCUT2D eigenvalue weighted by Gasteiger charge is 2.63. The van der Waals surface area contributed by atoms with Crippen molar-refractivity contribution >= 4 is 44.8 Å². The van der Waals surface area contributed by atoms with Crippen LogP contribution in [0.3, 0.4) is 0 Å². The van der Waals surface area contributed by atoms with E-state index in [1.807, 2.05) is 6.08 Å². The van der Waals surface area contributed by atoms with E-state index in [9.17, 15) is 32.0 Å². The quantitative estimate of drug-likeness (QED) is 0.264. The summed E-state index contributed by atoms with van der Waals surface area (Å²) in [4.78, 5) is 66.0. The zero-order valence-corrected chi connectivity index (χ0v) is 30.4. The second-order valence-electron chi connectivity index (χ2n) is 14.4. The summed E-state index contributed by atoms with van der Waals surface area (Å²) in [5.74, 6) is -3.44. The van der Waals surface area contributed by atoms with E-state index in [0.29, 0.717) is 48.2 Å². The molecule has 3 amide bonds. The molecular formula is C36H41FN6O9S. The minimum atomic E-state index is -4.16.